The van der Waals surface area contributed by atoms with Gasteiger partial charge in [0.1, 0.15) is 6.04 Å². The van der Waals surface area contributed by atoms with E-state index in [0.717, 1.165) is 24.2 Å². The highest BCUT2D eigenvalue weighted by Gasteiger charge is 2.24. The first-order valence-corrected chi connectivity index (χ1v) is 7.01. The Labute approximate surface area is 123 Å². The lowest BCUT2D eigenvalue weighted by molar-refractivity contribution is 0.167. The molecule has 1 unspecified atom stereocenters. The maximum Gasteiger partial charge on any atom is 0.241 e. The largest absolute Gasteiger partial charge is 0.338 e. The molecule has 0 spiro atoms. The topological polar surface area (TPSA) is 78.0 Å². The summed E-state index contributed by atoms with van der Waals surface area (Å²) in [4.78, 5) is 6.52. The van der Waals surface area contributed by atoms with Gasteiger partial charge in [0.2, 0.25) is 11.7 Å². The van der Waals surface area contributed by atoms with Crippen molar-refractivity contribution in [2.45, 2.75) is 19.5 Å². The van der Waals surface area contributed by atoms with Gasteiger partial charge in [-0.1, -0.05) is 29.4 Å². The summed E-state index contributed by atoms with van der Waals surface area (Å²) >= 11 is 0. The number of rotatable bonds is 3. The van der Waals surface area contributed by atoms with Gasteiger partial charge in [-0.05, 0) is 12.5 Å². The normalized spacial score (nSPS) is 19.3. The number of nitrogens with one attached hydrogen (secondary N) is 1. The molecule has 6 nitrogen and oxygen atoms in total. The van der Waals surface area contributed by atoms with Crippen LogP contribution in [0.15, 0.2) is 28.8 Å². The van der Waals surface area contributed by atoms with Gasteiger partial charge in [0, 0.05) is 25.2 Å². The average molecular weight is 283 g/mol. The number of nitrogens with zero attached hydrogens (tertiary/aromatic N) is 4. The van der Waals surface area contributed by atoms with Gasteiger partial charge in [-0.15, -0.1) is 0 Å². The Hall–Kier alpha value is -2.23. The fraction of sp³-hybridized carbons (Fsp3) is 0.400. The van der Waals surface area contributed by atoms with Crippen LogP contribution < -0.4 is 5.32 Å². The number of benzene rings is 1. The highest BCUT2D eigenvalue weighted by molar-refractivity contribution is 5.58. The Morgan fingerprint density at radius 2 is 2.33 bits per heavy atom. The summed E-state index contributed by atoms with van der Waals surface area (Å²) < 4.78 is 5.34. The van der Waals surface area contributed by atoms with Crippen molar-refractivity contribution >= 4 is 0 Å². The van der Waals surface area contributed by atoms with Crippen LogP contribution in [0.1, 0.15) is 11.5 Å². The fourth-order valence-electron chi connectivity index (χ4n) is 2.49. The van der Waals surface area contributed by atoms with Gasteiger partial charge >= 0.3 is 0 Å². The average Bonchev–Trinajstić information content (AvgIpc) is 2.96. The SMILES string of the molecule is Cc1ccccc1-c1noc(CN2CCNCC2C#N)n1. The molecular formula is C15H17N5O. The van der Waals surface area contributed by atoms with Crippen LogP contribution in [0.2, 0.25) is 0 Å². The fourth-order valence-corrected chi connectivity index (χ4v) is 2.49. The van der Waals surface area contributed by atoms with Crippen molar-refractivity contribution in [3.8, 4) is 17.5 Å². The zero-order valence-corrected chi connectivity index (χ0v) is 11.9. The Bertz CT molecular complexity index is 660. The van der Waals surface area contributed by atoms with E-state index in [1.807, 2.05) is 31.2 Å². The zero-order chi connectivity index (χ0) is 14.7. The molecule has 2 heterocycles. The molecule has 0 amide bonds. The monoisotopic (exact) mass is 283 g/mol. The highest BCUT2D eigenvalue weighted by atomic mass is 16.5. The molecule has 0 saturated carbocycles. The molecule has 108 valence electrons. The maximum absolute atomic E-state index is 9.16. The van der Waals surface area contributed by atoms with E-state index in [2.05, 4.69) is 26.4 Å². The van der Waals surface area contributed by atoms with Crippen LogP contribution in [0.5, 0.6) is 0 Å². The van der Waals surface area contributed by atoms with E-state index in [1.165, 1.54) is 0 Å². The van der Waals surface area contributed by atoms with E-state index in [0.29, 0.717) is 24.8 Å². The van der Waals surface area contributed by atoms with Crippen molar-refractivity contribution in [3.63, 3.8) is 0 Å². The molecule has 0 radical (unpaired) electrons. The second-order valence-corrected chi connectivity index (χ2v) is 5.15. The molecule has 1 saturated heterocycles. The van der Waals surface area contributed by atoms with Gasteiger partial charge in [0.15, 0.2) is 0 Å². The number of hydrogen-bond acceptors (Lipinski definition) is 6. The minimum Gasteiger partial charge on any atom is -0.338 e. The van der Waals surface area contributed by atoms with Crippen LogP contribution in [0, 0.1) is 18.3 Å². The summed E-state index contributed by atoms with van der Waals surface area (Å²) in [6.45, 7) is 4.89. The Balaban J connectivity index is 1.76. The molecule has 0 aliphatic carbocycles. The van der Waals surface area contributed by atoms with Crippen molar-refractivity contribution < 1.29 is 4.52 Å². The standard InChI is InChI=1S/C15H17N5O/c1-11-4-2-3-5-13(11)15-18-14(21-19-15)10-20-7-6-17-9-12(20)8-16/h2-5,12,17H,6-7,9-10H2,1H3. The molecule has 1 aromatic heterocycles. The molecule has 1 N–H and O–H groups in total. The lowest BCUT2D eigenvalue weighted by Crippen LogP contribution is -2.50. The van der Waals surface area contributed by atoms with Crippen molar-refractivity contribution in [3.05, 3.63) is 35.7 Å². The van der Waals surface area contributed by atoms with Gasteiger partial charge in [0.05, 0.1) is 12.6 Å². The van der Waals surface area contributed by atoms with Crippen molar-refractivity contribution in [2.24, 2.45) is 0 Å². The first kappa shape index (κ1) is 13.7. The summed E-state index contributed by atoms with van der Waals surface area (Å²) in [5.74, 6) is 1.15. The number of nitriles is 1. The lowest BCUT2D eigenvalue weighted by atomic mass is 10.1. The molecule has 1 atom stereocenters. The predicted octanol–water partition coefficient (Wildman–Crippen LogP) is 1.34. The Kier molecular flexibility index (Phi) is 3.95. The van der Waals surface area contributed by atoms with Gasteiger partial charge in [-0.3, -0.25) is 4.90 Å². The number of aryl methyl sites for hydroxylation is 1. The minimum atomic E-state index is -0.146. The Morgan fingerprint density at radius 1 is 1.48 bits per heavy atom. The van der Waals surface area contributed by atoms with Gasteiger partial charge in [-0.2, -0.15) is 10.2 Å². The minimum absolute atomic E-state index is 0.146. The van der Waals surface area contributed by atoms with Crippen LogP contribution in [-0.4, -0.2) is 40.7 Å². The molecule has 3 rings (SSSR count). The number of piperazine rings is 1. The van der Waals surface area contributed by atoms with E-state index in [4.69, 9.17) is 9.78 Å². The van der Waals surface area contributed by atoms with Crippen LogP contribution in [0.3, 0.4) is 0 Å². The van der Waals surface area contributed by atoms with Gasteiger partial charge < -0.3 is 9.84 Å². The lowest BCUT2D eigenvalue weighted by Gasteiger charge is -2.30. The second-order valence-electron chi connectivity index (χ2n) is 5.15. The first-order valence-electron chi connectivity index (χ1n) is 7.01. The molecule has 1 fully saturated rings. The van der Waals surface area contributed by atoms with E-state index in [1.54, 1.807) is 0 Å². The highest BCUT2D eigenvalue weighted by Crippen LogP contribution is 2.20. The number of hydrogen-bond donors (Lipinski definition) is 1. The summed E-state index contributed by atoms with van der Waals surface area (Å²) in [6.07, 6.45) is 0. The van der Waals surface area contributed by atoms with Crippen LogP contribution >= 0.6 is 0 Å². The van der Waals surface area contributed by atoms with Crippen LogP contribution in [0.4, 0.5) is 0 Å². The third-order valence-corrected chi connectivity index (χ3v) is 3.70. The summed E-state index contributed by atoms with van der Waals surface area (Å²) in [5, 5.41) is 16.4. The molecule has 1 aliphatic rings. The van der Waals surface area contributed by atoms with Crippen LogP contribution in [0.25, 0.3) is 11.4 Å². The van der Waals surface area contributed by atoms with Gasteiger partial charge in [0.25, 0.3) is 0 Å². The third kappa shape index (κ3) is 2.94. The third-order valence-electron chi connectivity index (χ3n) is 3.70. The first-order chi connectivity index (χ1) is 10.3. The summed E-state index contributed by atoms with van der Waals surface area (Å²) in [6, 6.07) is 10.1. The smallest absolute Gasteiger partial charge is 0.241 e. The number of aromatic nitrogens is 2. The Morgan fingerprint density at radius 3 is 3.14 bits per heavy atom. The quantitative estimate of drug-likeness (QED) is 0.916. The molecular weight excluding hydrogens is 266 g/mol. The molecule has 6 heteroatoms. The predicted molar refractivity (Wildman–Crippen MR) is 77.2 cm³/mol. The summed E-state index contributed by atoms with van der Waals surface area (Å²) in [7, 11) is 0. The van der Waals surface area contributed by atoms with Crippen molar-refractivity contribution in [2.75, 3.05) is 19.6 Å². The zero-order valence-electron chi connectivity index (χ0n) is 11.9. The maximum atomic E-state index is 9.16. The summed E-state index contributed by atoms with van der Waals surface area (Å²) in [5.41, 5.74) is 2.09. The van der Waals surface area contributed by atoms with E-state index in [-0.39, 0.29) is 6.04 Å². The molecule has 21 heavy (non-hydrogen) atoms. The van der Waals surface area contributed by atoms with Gasteiger partial charge in [-0.25, -0.2) is 0 Å². The van der Waals surface area contributed by atoms with E-state index >= 15 is 0 Å². The second kappa shape index (κ2) is 6.04. The molecule has 1 aliphatic heterocycles. The molecule has 1 aromatic carbocycles. The molecule has 0 bridgehead atoms. The van der Waals surface area contributed by atoms with Crippen LogP contribution in [-0.2, 0) is 6.54 Å². The van der Waals surface area contributed by atoms with E-state index < -0.39 is 0 Å². The molecule has 2 aromatic rings. The van der Waals surface area contributed by atoms with E-state index in [9.17, 15) is 0 Å². The van der Waals surface area contributed by atoms with Crippen molar-refractivity contribution in [1.29, 1.82) is 5.26 Å². The van der Waals surface area contributed by atoms with Crippen molar-refractivity contribution in [1.82, 2.24) is 20.4 Å².